The largest absolute Gasteiger partial charge is 0.494 e. The molecule has 1 unspecified atom stereocenters. The number of ether oxygens (including phenoxy) is 1. The van der Waals surface area contributed by atoms with Gasteiger partial charge in [0.25, 0.3) is 5.91 Å². The van der Waals surface area contributed by atoms with Gasteiger partial charge in [-0.25, -0.2) is 0 Å². The minimum Gasteiger partial charge on any atom is -0.494 e. The maximum Gasteiger partial charge on any atom is 0.273 e. The van der Waals surface area contributed by atoms with Gasteiger partial charge in [0.2, 0.25) is 0 Å². The first-order chi connectivity index (χ1) is 16.7. The highest BCUT2D eigenvalue weighted by atomic mass is 16.5. The molecule has 1 aromatic heterocycles. The third-order valence-electron chi connectivity index (χ3n) is 6.32. The summed E-state index contributed by atoms with van der Waals surface area (Å²) in [5.41, 5.74) is 6.78. The van der Waals surface area contributed by atoms with Crippen LogP contribution < -0.4 is 4.74 Å². The summed E-state index contributed by atoms with van der Waals surface area (Å²) in [6, 6.07) is 26.5. The van der Waals surface area contributed by atoms with Crippen LogP contribution in [0.25, 0.3) is 11.3 Å². The summed E-state index contributed by atoms with van der Waals surface area (Å²) in [7, 11) is 0. The van der Waals surface area contributed by atoms with E-state index < -0.39 is 0 Å². The summed E-state index contributed by atoms with van der Waals surface area (Å²) in [6.45, 7) is 5.44. The molecule has 5 nitrogen and oxygen atoms in total. The summed E-state index contributed by atoms with van der Waals surface area (Å²) in [5, 5.41) is 7.64. The maximum absolute atomic E-state index is 13.6. The topological polar surface area (TPSA) is 58.2 Å². The summed E-state index contributed by atoms with van der Waals surface area (Å²) < 4.78 is 5.92. The first-order valence-electron chi connectivity index (χ1n) is 11.9. The molecule has 0 fully saturated rings. The molecule has 1 aliphatic rings. The number of benzene rings is 3. The Labute approximate surface area is 200 Å². The lowest BCUT2D eigenvalue weighted by Gasteiger charge is -2.27. The number of fused-ring (bicyclic) bond motifs is 1. The van der Waals surface area contributed by atoms with Crippen molar-refractivity contribution in [1.29, 1.82) is 0 Å². The van der Waals surface area contributed by atoms with E-state index in [-0.39, 0.29) is 11.9 Å². The van der Waals surface area contributed by atoms with Crippen LogP contribution in [0.2, 0.25) is 0 Å². The predicted octanol–water partition coefficient (Wildman–Crippen LogP) is 5.96. The van der Waals surface area contributed by atoms with Crippen molar-refractivity contribution in [3.63, 3.8) is 0 Å². The molecule has 0 radical (unpaired) electrons. The second-order valence-electron chi connectivity index (χ2n) is 8.78. The van der Waals surface area contributed by atoms with Gasteiger partial charge in [-0.3, -0.25) is 9.89 Å². The molecule has 0 aliphatic carbocycles. The number of carbonyl (C=O) groups is 1. The molecule has 0 spiro atoms. The molecule has 5 rings (SSSR count). The second-order valence-corrected chi connectivity index (χ2v) is 8.78. The fourth-order valence-electron chi connectivity index (χ4n) is 4.59. The average molecular weight is 452 g/mol. The molecular weight excluding hydrogens is 422 g/mol. The van der Waals surface area contributed by atoms with Gasteiger partial charge < -0.3 is 9.64 Å². The minimum absolute atomic E-state index is 0.0123. The molecule has 1 atom stereocenters. The Bertz CT molecular complexity index is 1280. The highest BCUT2D eigenvalue weighted by Crippen LogP contribution is 2.43. The highest BCUT2D eigenvalue weighted by molar-refractivity contribution is 6.00. The van der Waals surface area contributed by atoms with Gasteiger partial charge >= 0.3 is 0 Å². The van der Waals surface area contributed by atoms with Crippen LogP contribution in [0.4, 0.5) is 0 Å². The van der Waals surface area contributed by atoms with Crippen molar-refractivity contribution in [3.05, 3.63) is 107 Å². The fourth-order valence-corrected chi connectivity index (χ4v) is 4.59. The molecule has 4 aromatic rings. The van der Waals surface area contributed by atoms with E-state index in [9.17, 15) is 4.79 Å². The zero-order valence-corrected chi connectivity index (χ0v) is 19.6. The minimum atomic E-state index is -0.230. The molecule has 1 aliphatic heterocycles. The number of aryl methyl sites for hydroxylation is 1. The smallest absolute Gasteiger partial charge is 0.273 e. The predicted molar refractivity (Wildman–Crippen MR) is 134 cm³/mol. The van der Waals surface area contributed by atoms with Crippen molar-refractivity contribution < 1.29 is 9.53 Å². The molecule has 1 amide bonds. The number of rotatable bonds is 8. The fraction of sp³-hybridized carbons (Fsp3) is 0.241. The SMILES string of the molecule is CCCOc1cccc(C2c3c(-c4ccc(C)cc4)n[nH]c3C(=O)N2CCc2ccccc2)c1. The number of nitrogens with zero attached hydrogens (tertiary/aromatic N) is 2. The molecule has 2 heterocycles. The molecule has 5 heteroatoms. The van der Waals surface area contributed by atoms with Crippen LogP contribution in [0.15, 0.2) is 78.9 Å². The Morgan fingerprint density at radius 1 is 1.00 bits per heavy atom. The van der Waals surface area contributed by atoms with E-state index in [4.69, 9.17) is 4.74 Å². The van der Waals surface area contributed by atoms with Gasteiger partial charge in [0.05, 0.1) is 18.3 Å². The zero-order valence-electron chi connectivity index (χ0n) is 19.6. The zero-order chi connectivity index (χ0) is 23.5. The molecule has 3 aromatic carbocycles. The third kappa shape index (κ3) is 4.21. The Kier molecular flexibility index (Phi) is 6.17. The molecule has 34 heavy (non-hydrogen) atoms. The molecule has 0 bridgehead atoms. The summed E-state index contributed by atoms with van der Waals surface area (Å²) in [6.07, 6.45) is 1.73. The van der Waals surface area contributed by atoms with Crippen LogP contribution in [-0.2, 0) is 6.42 Å². The number of amides is 1. The van der Waals surface area contributed by atoms with Crippen LogP contribution in [0.1, 0.15) is 52.1 Å². The van der Waals surface area contributed by atoms with Crippen LogP contribution in [-0.4, -0.2) is 34.2 Å². The highest BCUT2D eigenvalue weighted by Gasteiger charge is 2.42. The molecular formula is C29H29N3O2. The van der Waals surface area contributed by atoms with Gasteiger partial charge in [-0.1, -0.05) is 79.2 Å². The van der Waals surface area contributed by atoms with Gasteiger partial charge in [-0.05, 0) is 43.0 Å². The van der Waals surface area contributed by atoms with Crippen molar-refractivity contribution in [2.45, 2.75) is 32.7 Å². The van der Waals surface area contributed by atoms with Gasteiger partial charge in [-0.15, -0.1) is 0 Å². The number of nitrogens with one attached hydrogen (secondary N) is 1. The molecule has 1 N–H and O–H groups in total. The van der Waals surface area contributed by atoms with Gasteiger partial charge in [0.1, 0.15) is 11.4 Å². The van der Waals surface area contributed by atoms with Crippen LogP contribution in [0, 0.1) is 6.92 Å². The Morgan fingerprint density at radius 2 is 1.79 bits per heavy atom. The Morgan fingerprint density at radius 3 is 2.56 bits per heavy atom. The van der Waals surface area contributed by atoms with Gasteiger partial charge in [0, 0.05) is 17.7 Å². The van der Waals surface area contributed by atoms with E-state index >= 15 is 0 Å². The van der Waals surface area contributed by atoms with E-state index in [1.165, 1.54) is 11.1 Å². The van der Waals surface area contributed by atoms with Gasteiger partial charge in [0.15, 0.2) is 0 Å². The summed E-state index contributed by atoms with van der Waals surface area (Å²) >= 11 is 0. The lowest BCUT2D eigenvalue weighted by Crippen LogP contribution is -2.31. The number of hydrogen-bond donors (Lipinski definition) is 1. The normalized spacial score (nSPS) is 14.9. The quantitative estimate of drug-likeness (QED) is 0.359. The van der Waals surface area contributed by atoms with Crippen molar-refractivity contribution >= 4 is 5.91 Å². The number of hydrogen-bond acceptors (Lipinski definition) is 3. The average Bonchev–Trinajstić information content (AvgIpc) is 3.41. The number of H-pyrrole nitrogens is 1. The maximum atomic E-state index is 13.6. The third-order valence-corrected chi connectivity index (χ3v) is 6.32. The first kappa shape index (κ1) is 22.0. The number of carbonyl (C=O) groups excluding carboxylic acids is 1. The summed E-state index contributed by atoms with van der Waals surface area (Å²) in [4.78, 5) is 15.5. The van der Waals surface area contributed by atoms with Crippen LogP contribution >= 0.6 is 0 Å². The van der Waals surface area contributed by atoms with Crippen LogP contribution in [0.5, 0.6) is 5.75 Å². The molecule has 0 saturated carbocycles. The first-order valence-corrected chi connectivity index (χ1v) is 11.9. The van der Waals surface area contributed by atoms with E-state index in [0.717, 1.165) is 41.0 Å². The van der Waals surface area contributed by atoms with Crippen molar-refractivity contribution in [2.75, 3.05) is 13.2 Å². The number of aromatic amines is 1. The molecule has 172 valence electrons. The van der Waals surface area contributed by atoms with Crippen LogP contribution in [0.3, 0.4) is 0 Å². The monoisotopic (exact) mass is 451 g/mol. The second kappa shape index (κ2) is 9.56. The van der Waals surface area contributed by atoms with E-state index in [2.05, 4.69) is 72.6 Å². The van der Waals surface area contributed by atoms with E-state index in [1.807, 2.05) is 35.2 Å². The number of aromatic nitrogens is 2. The Balaban J connectivity index is 1.56. The lowest BCUT2D eigenvalue weighted by atomic mass is 9.95. The van der Waals surface area contributed by atoms with Gasteiger partial charge in [-0.2, -0.15) is 5.10 Å². The van der Waals surface area contributed by atoms with Crippen molar-refractivity contribution in [2.24, 2.45) is 0 Å². The Hall–Kier alpha value is -3.86. The van der Waals surface area contributed by atoms with E-state index in [0.29, 0.717) is 18.8 Å². The summed E-state index contributed by atoms with van der Waals surface area (Å²) in [5.74, 6) is 0.810. The van der Waals surface area contributed by atoms with E-state index in [1.54, 1.807) is 0 Å². The standard InChI is InChI=1S/C29H29N3O2/c1-3-18-34-24-11-7-10-23(19-24)28-25-26(22-14-12-20(2)13-15-22)30-31-27(25)29(33)32(28)17-16-21-8-5-4-6-9-21/h4-15,19,28H,3,16-18H2,1-2H3,(H,30,31). The van der Waals surface area contributed by atoms with Crippen molar-refractivity contribution in [3.8, 4) is 17.0 Å². The van der Waals surface area contributed by atoms with Crippen molar-refractivity contribution in [1.82, 2.24) is 15.1 Å². The molecule has 0 saturated heterocycles. The lowest BCUT2D eigenvalue weighted by molar-refractivity contribution is 0.0745.